The number of methoxy groups -OCH3 is 1. The molecule has 0 saturated carbocycles. The van der Waals surface area contributed by atoms with Crippen LogP contribution < -0.4 is 4.74 Å². The van der Waals surface area contributed by atoms with Crippen LogP contribution in [0.5, 0.6) is 5.75 Å². The molecule has 1 aromatic carbocycles. The monoisotopic (exact) mass is 410 g/mol. The molecule has 7 heteroatoms. The lowest BCUT2D eigenvalue weighted by Crippen LogP contribution is -2.48. The Hall–Kier alpha value is -2.64. The number of aromatic nitrogens is 3. The molecule has 0 atom stereocenters. The van der Waals surface area contributed by atoms with Crippen molar-refractivity contribution in [1.29, 1.82) is 0 Å². The van der Waals surface area contributed by atoms with Gasteiger partial charge in [-0.2, -0.15) is 0 Å². The lowest BCUT2D eigenvalue weighted by molar-refractivity contribution is -0.0333. The van der Waals surface area contributed by atoms with Gasteiger partial charge in [0.1, 0.15) is 11.6 Å². The molecule has 3 aromatic rings. The van der Waals surface area contributed by atoms with Gasteiger partial charge in [-0.05, 0) is 31.0 Å². The fourth-order valence-electron chi connectivity index (χ4n) is 4.30. The zero-order valence-corrected chi connectivity index (χ0v) is 17.9. The molecule has 7 nitrogen and oxygen atoms in total. The van der Waals surface area contributed by atoms with Crippen LogP contribution in [0.1, 0.15) is 48.8 Å². The van der Waals surface area contributed by atoms with E-state index in [4.69, 9.17) is 4.74 Å². The van der Waals surface area contributed by atoms with Crippen molar-refractivity contribution in [2.24, 2.45) is 0 Å². The van der Waals surface area contributed by atoms with E-state index < -0.39 is 5.60 Å². The van der Waals surface area contributed by atoms with Crippen LogP contribution in [0.25, 0.3) is 10.9 Å². The van der Waals surface area contributed by atoms with Gasteiger partial charge in [0.15, 0.2) is 5.78 Å². The number of H-pyrrole nitrogens is 1. The van der Waals surface area contributed by atoms with E-state index in [-0.39, 0.29) is 5.78 Å². The summed E-state index contributed by atoms with van der Waals surface area (Å²) in [4.78, 5) is 22.7. The maximum Gasteiger partial charge on any atom is 0.178 e. The molecule has 4 rings (SSSR count). The molecular weight excluding hydrogens is 380 g/mol. The molecule has 0 spiro atoms. The smallest absolute Gasteiger partial charge is 0.178 e. The number of rotatable bonds is 7. The van der Waals surface area contributed by atoms with Gasteiger partial charge in [0.25, 0.3) is 0 Å². The van der Waals surface area contributed by atoms with Crippen LogP contribution in [-0.2, 0) is 6.54 Å². The first-order chi connectivity index (χ1) is 14.4. The Morgan fingerprint density at radius 3 is 2.80 bits per heavy atom. The molecule has 0 amide bonds. The second-order valence-electron chi connectivity index (χ2n) is 8.61. The van der Waals surface area contributed by atoms with Crippen molar-refractivity contribution < 1.29 is 14.6 Å². The van der Waals surface area contributed by atoms with Crippen LogP contribution in [0, 0.1) is 0 Å². The Morgan fingerprint density at radius 2 is 2.10 bits per heavy atom. The Labute approximate surface area is 176 Å². The summed E-state index contributed by atoms with van der Waals surface area (Å²) in [6.07, 6.45) is 6.78. The third-order valence-electron chi connectivity index (χ3n) is 6.07. The van der Waals surface area contributed by atoms with Gasteiger partial charge in [-0.25, -0.2) is 4.98 Å². The van der Waals surface area contributed by atoms with Gasteiger partial charge in [0, 0.05) is 54.1 Å². The second kappa shape index (κ2) is 8.24. The number of ketones is 1. The molecule has 1 aliphatic rings. The normalized spacial score (nSPS) is 17.0. The van der Waals surface area contributed by atoms with E-state index in [9.17, 15) is 9.90 Å². The van der Waals surface area contributed by atoms with Crippen molar-refractivity contribution in [3.05, 3.63) is 48.2 Å². The maximum absolute atomic E-state index is 12.9. The van der Waals surface area contributed by atoms with Gasteiger partial charge in [-0.3, -0.25) is 9.69 Å². The lowest BCUT2D eigenvalue weighted by Gasteiger charge is -2.38. The molecule has 30 heavy (non-hydrogen) atoms. The van der Waals surface area contributed by atoms with Gasteiger partial charge in [0.2, 0.25) is 0 Å². The average molecular weight is 411 g/mol. The summed E-state index contributed by atoms with van der Waals surface area (Å²) in [5, 5.41) is 12.0. The minimum atomic E-state index is -0.766. The number of piperidine rings is 1. The molecule has 0 unspecified atom stereocenters. The molecular formula is C23H30N4O3. The zero-order chi connectivity index (χ0) is 21.3. The SMILES string of the molecule is COc1ccc2[nH]cc(C(=O)CN3CCC(O)(Cn4ccnc4C(C)C)CC3)c2c1. The summed E-state index contributed by atoms with van der Waals surface area (Å²) in [5.74, 6) is 2.13. The van der Waals surface area contributed by atoms with Gasteiger partial charge in [-0.15, -0.1) is 0 Å². The molecule has 1 saturated heterocycles. The molecule has 160 valence electrons. The van der Waals surface area contributed by atoms with E-state index >= 15 is 0 Å². The van der Waals surface area contributed by atoms with Crippen molar-refractivity contribution >= 4 is 16.7 Å². The number of nitrogens with one attached hydrogen (secondary N) is 1. The summed E-state index contributed by atoms with van der Waals surface area (Å²) < 4.78 is 7.36. The summed E-state index contributed by atoms with van der Waals surface area (Å²) in [5.41, 5.74) is 0.844. The molecule has 3 heterocycles. The van der Waals surface area contributed by atoms with Crippen LogP contribution in [0.4, 0.5) is 0 Å². The third-order valence-corrected chi connectivity index (χ3v) is 6.07. The average Bonchev–Trinajstić information content (AvgIpc) is 3.36. The molecule has 0 radical (unpaired) electrons. The Kier molecular flexibility index (Phi) is 5.66. The number of imidazole rings is 1. The van der Waals surface area contributed by atoms with Crippen LogP contribution in [0.15, 0.2) is 36.8 Å². The number of likely N-dealkylation sites (tertiary alicyclic amines) is 1. The molecule has 0 aliphatic carbocycles. The van der Waals surface area contributed by atoms with E-state index in [0.29, 0.717) is 50.5 Å². The number of ether oxygens (including phenoxy) is 1. The quantitative estimate of drug-likeness (QED) is 0.585. The first-order valence-corrected chi connectivity index (χ1v) is 10.5. The fraction of sp³-hybridized carbons (Fsp3) is 0.478. The number of aliphatic hydroxyl groups is 1. The summed E-state index contributed by atoms with van der Waals surface area (Å²) in [7, 11) is 1.62. The maximum atomic E-state index is 12.9. The number of fused-ring (bicyclic) bond motifs is 1. The Balaban J connectivity index is 1.39. The summed E-state index contributed by atoms with van der Waals surface area (Å²) in [6, 6.07) is 5.70. The van der Waals surface area contributed by atoms with Crippen LogP contribution >= 0.6 is 0 Å². The summed E-state index contributed by atoms with van der Waals surface area (Å²) >= 11 is 0. The number of carbonyl (C=O) groups is 1. The molecule has 2 aromatic heterocycles. The topological polar surface area (TPSA) is 83.4 Å². The van der Waals surface area contributed by atoms with Gasteiger partial charge in [-0.1, -0.05) is 13.8 Å². The third kappa shape index (κ3) is 4.13. The second-order valence-corrected chi connectivity index (χ2v) is 8.61. The van der Waals surface area contributed by atoms with Crippen molar-refractivity contribution in [3.8, 4) is 5.75 Å². The number of nitrogens with zero attached hydrogens (tertiary/aromatic N) is 3. The Morgan fingerprint density at radius 1 is 1.33 bits per heavy atom. The van der Waals surface area contributed by atoms with E-state index in [0.717, 1.165) is 22.5 Å². The van der Waals surface area contributed by atoms with Crippen molar-refractivity contribution in [2.75, 3.05) is 26.7 Å². The van der Waals surface area contributed by atoms with Gasteiger partial charge >= 0.3 is 0 Å². The largest absolute Gasteiger partial charge is 0.497 e. The predicted octanol–water partition coefficient (Wildman–Crippen LogP) is 3.21. The van der Waals surface area contributed by atoms with E-state index in [1.54, 1.807) is 19.5 Å². The first kappa shape index (κ1) is 20.6. The van der Waals surface area contributed by atoms with E-state index in [1.807, 2.05) is 24.4 Å². The molecule has 0 bridgehead atoms. The summed E-state index contributed by atoms with van der Waals surface area (Å²) in [6.45, 7) is 6.50. The standard InChI is InChI=1S/C23H30N4O3/c1-16(2)22-24-8-11-27(22)15-23(29)6-9-26(10-7-23)14-21(28)19-13-25-20-5-4-17(30-3)12-18(19)20/h4-5,8,11-13,16,25,29H,6-7,9-10,14-15H2,1-3H3. The number of carbonyl (C=O) groups excluding carboxylic acids is 1. The molecule has 1 fully saturated rings. The first-order valence-electron chi connectivity index (χ1n) is 10.5. The highest BCUT2D eigenvalue weighted by molar-refractivity contribution is 6.09. The number of Topliss-reactive ketones (excluding diaryl/α,β-unsaturated/α-hetero) is 1. The number of hydrogen-bond donors (Lipinski definition) is 2. The van der Waals surface area contributed by atoms with Crippen molar-refractivity contribution in [2.45, 2.75) is 44.8 Å². The number of hydrogen-bond acceptors (Lipinski definition) is 5. The van der Waals surface area contributed by atoms with E-state index in [1.165, 1.54) is 0 Å². The van der Waals surface area contributed by atoms with Crippen LogP contribution in [-0.4, -0.2) is 62.7 Å². The minimum absolute atomic E-state index is 0.0802. The fourth-order valence-corrected chi connectivity index (χ4v) is 4.30. The van der Waals surface area contributed by atoms with Gasteiger partial charge in [0.05, 0.1) is 25.8 Å². The van der Waals surface area contributed by atoms with Crippen LogP contribution in [0.2, 0.25) is 0 Å². The van der Waals surface area contributed by atoms with Crippen LogP contribution in [0.3, 0.4) is 0 Å². The molecule has 1 aliphatic heterocycles. The highest BCUT2D eigenvalue weighted by Gasteiger charge is 2.34. The van der Waals surface area contributed by atoms with E-state index in [2.05, 4.69) is 33.3 Å². The number of benzene rings is 1. The minimum Gasteiger partial charge on any atom is -0.497 e. The van der Waals surface area contributed by atoms with Gasteiger partial charge < -0.3 is 19.4 Å². The zero-order valence-electron chi connectivity index (χ0n) is 17.9. The lowest BCUT2D eigenvalue weighted by atomic mass is 9.90. The highest BCUT2D eigenvalue weighted by Crippen LogP contribution is 2.27. The highest BCUT2D eigenvalue weighted by atomic mass is 16.5. The molecule has 2 N–H and O–H groups in total. The predicted molar refractivity (Wildman–Crippen MR) is 116 cm³/mol. The Bertz CT molecular complexity index is 1030. The van der Waals surface area contributed by atoms with Crippen molar-refractivity contribution in [3.63, 3.8) is 0 Å². The number of aromatic amines is 1. The van der Waals surface area contributed by atoms with Crippen molar-refractivity contribution in [1.82, 2.24) is 19.4 Å².